The minimum Gasteiger partial charge on any atom is -0.542 e. The van der Waals surface area contributed by atoms with Crippen molar-refractivity contribution >= 4 is 23.7 Å². The van der Waals surface area contributed by atoms with Crippen LogP contribution in [-0.4, -0.2) is 11.9 Å². The summed E-state index contributed by atoms with van der Waals surface area (Å²) in [4.78, 5) is 21.1. The van der Waals surface area contributed by atoms with Gasteiger partial charge in [-0.1, -0.05) is 0 Å². The highest BCUT2D eigenvalue weighted by Crippen LogP contribution is 2.32. The van der Waals surface area contributed by atoms with Crippen molar-refractivity contribution in [2.75, 3.05) is 0 Å². The van der Waals surface area contributed by atoms with Gasteiger partial charge in [0.15, 0.2) is 0 Å². The van der Waals surface area contributed by atoms with E-state index in [1.54, 1.807) is 12.1 Å². The molecule has 2 aromatic heterocycles. The lowest BCUT2D eigenvalue weighted by atomic mass is 10.3. The fraction of sp³-hybridized carbons (Fsp3) is 0.231. The Hall–Kier alpha value is -2.15. The van der Waals surface area contributed by atoms with Crippen LogP contribution >= 0.6 is 11.8 Å². The van der Waals surface area contributed by atoms with Gasteiger partial charge in [0, 0.05) is 0 Å². The molecule has 7 heteroatoms. The predicted molar refractivity (Wildman–Crippen MR) is 65.8 cm³/mol. The van der Waals surface area contributed by atoms with Gasteiger partial charge in [0.05, 0.1) is 11.0 Å². The van der Waals surface area contributed by atoms with E-state index in [1.807, 2.05) is 6.92 Å². The van der Waals surface area contributed by atoms with Crippen LogP contribution in [0.4, 0.5) is 0 Å². The molecule has 0 amide bonds. The summed E-state index contributed by atoms with van der Waals surface area (Å²) in [6.45, 7) is 1.84. The second-order valence-corrected chi connectivity index (χ2v) is 5.33. The highest BCUT2D eigenvalue weighted by molar-refractivity contribution is 7.98. The van der Waals surface area contributed by atoms with Crippen LogP contribution in [0.2, 0.25) is 0 Å². The highest BCUT2D eigenvalue weighted by Gasteiger charge is 2.13. The summed E-state index contributed by atoms with van der Waals surface area (Å²) in [7, 11) is 0. The minimum absolute atomic E-state index is 0.111. The van der Waals surface area contributed by atoms with Crippen molar-refractivity contribution in [1.29, 1.82) is 0 Å². The van der Waals surface area contributed by atoms with Crippen molar-refractivity contribution in [2.45, 2.75) is 17.9 Å². The number of carbonyl (C=O) groups is 2. The molecular formula is C13H10O6S-2. The van der Waals surface area contributed by atoms with Crippen LogP contribution in [-0.2, 0) is 5.75 Å². The molecule has 0 bridgehead atoms. The number of aromatic carboxylic acids is 2. The Bertz CT molecular complexity index is 626. The first-order valence-corrected chi connectivity index (χ1v) is 6.75. The Morgan fingerprint density at radius 1 is 1.10 bits per heavy atom. The van der Waals surface area contributed by atoms with Crippen molar-refractivity contribution in [3.05, 3.63) is 47.3 Å². The third-order valence-electron chi connectivity index (χ3n) is 2.57. The molecule has 1 atom stereocenters. The summed E-state index contributed by atoms with van der Waals surface area (Å²) in [5.74, 6) is -1.74. The summed E-state index contributed by atoms with van der Waals surface area (Å²) in [6.07, 6.45) is 0. The zero-order valence-electron chi connectivity index (χ0n) is 10.5. The third kappa shape index (κ3) is 3.24. The first-order chi connectivity index (χ1) is 9.47. The van der Waals surface area contributed by atoms with E-state index in [0.29, 0.717) is 17.3 Å². The molecule has 2 heterocycles. The fourth-order valence-electron chi connectivity index (χ4n) is 1.54. The summed E-state index contributed by atoms with van der Waals surface area (Å²) in [5.41, 5.74) is 0. The lowest BCUT2D eigenvalue weighted by Gasteiger charge is -2.07. The summed E-state index contributed by atoms with van der Waals surface area (Å²) in [6, 6.07) is 5.79. The molecular weight excluding hydrogens is 284 g/mol. The van der Waals surface area contributed by atoms with E-state index in [1.165, 1.54) is 23.9 Å². The zero-order valence-corrected chi connectivity index (χ0v) is 11.3. The molecule has 6 nitrogen and oxygen atoms in total. The van der Waals surface area contributed by atoms with E-state index < -0.39 is 11.9 Å². The van der Waals surface area contributed by atoms with Gasteiger partial charge in [-0.05, 0) is 31.2 Å². The largest absolute Gasteiger partial charge is 0.542 e. The van der Waals surface area contributed by atoms with Crippen LogP contribution in [0, 0.1) is 0 Å². The Morgan fingerprint density at radius 2 is 1.70 bits per heavy atom. The number of rotatable bonds is 6. The third-order valence-corrected chi connectivity index (χ3v) is 3.75. The maximum atomic E-state index is 10.6. The normalized spacial score (nSPS) is 12.2. The standard InChI is InChI=1S/C13H12O6S/c1-7(9-4-5-11(19-9)13(16)17)20-6-8-2-3-10(18-8)12(14)15/h2-5,7H,6H2,1H3,(H,14,15)(H,16,17)/p-2/t7-/m0/s1. The molecule has 106 valence electrons. The van der Waals surface area contributed by atoms with Crippen molar-refractivity contribution in [3.8, 4) is 0 Å². The SMILES string of the molecule is C[C@H](SCc1ccc(C(=O)[O-])o1)c1ccc(C(=O)[O-])o1. The summed E-state index contributed by atoms with van der Waals surface area (Å²) < 4.78 is 10.2. The number of carbonyl (C=O) groups excluding carboxylic acids is 2. The summed E-state index contributed by atoms with van der Waals surface area (Å²) in [5, 5.41) is 21.0. The molecule has 0 aliphatic rings. The number of carboxylic acids is 2. The van der Waals surface area contributed by atoms with Gasteiger partial charge in [0.2, 0.25) is 0 Å². The maximum Gasteiger partial charge on any atom is 0.149 e. The van der Waals surface area contributed by atoms with Gasteiger partial charge < -0.3 is 28.6 Å². The first-order valence-electron chi connectivity index (χ1n) is 5.70. The predicted octanol–water partition coefficient (Wildman–Crippen LogP) is 0.594. The average Bonchev–Trinajstić information content (AvgIpc) is 3.05. The van der Waals surface area contributed by atoms with Crippen LogP contribution in [0.5, 0.6) is 0 Å². The molecule has 0 fully saturated rings. The number of carboxylic acid groups (broad SMARTS) is 2. The quantitative estimate of drug-likeness (QED) is 0.767. The highest BCUT2D eigenvalue weighted by atomic mass is 32.2. The van der Waals surface area contributed by atoms with Gasteiger partial charge >= 0.3 is 0 Å². The van der Waals surface area contributed by atoms with Crippen molar-refractivity contribution < 1.29 is 28.6 Å². The molecule has 0 unspecified atom stereocenters. The lowest BCUT2D eigenvalue weighted by Crippen LogP contribution is -2.21. The van der Waals surface area contributed by atoms with Crippen LogP contribution in [0.1, 0.15) is 44.8 Å². The van der Waals surface area contributed by atoms with Gasteiger partial charge in [-0.25, -0.2) is 0 Å². The molecule has 0 aliphatic carbocycles. The molecule has 0 saturated carbocycles. The first kappa shape index (κ1) is 14.3. The molecule has 0 radical (unpaired) electrons. The fourth-order valence-corrected chi connectivity index (χ4v) is 2.40. The topological polar surface area (TPSA) is 107 Å². The molecule has 0 aliphatic heterocycles. The maximum absolute atomic E-state index is 10.6. The van der Waals surface area contributed by atoms with E-state index in [0.717, 1.165) is 0 Å². The smallest absolute Gasteiger partial charge is 0.149 e. The molecule has 20 heavy (non-hydrogen) atoms. The van der Waals surface area contributed by atoms with E-state index >= 15 is 0 Å². The van der Waals surface area contributed by atoms with Gasteiger partial charge in [0.1, 0.15) is 35.0 Å². The Kier molecular flexibility index (Phi) is 4.19. The second kappa shape index (κ2) is 5.87. The molecule has 2 aromatic rings. The van der Waals surface area contributed by atoms with Gasteiger partial charge in [0.25, 0.3) is 0 Å². The Morgan fingerprint density at radius 3 is 2.25 bits per heavy atom. The van der Waals surface area contributed by atoms with E-state index in [9.17, 15) is 19.8 Å². The van der Waals surface area contributed by atoms with Crippen LogP contribution in [0.15, 0.2) is 33.1 Å². The van der Waals surface area contributed by atoms with E-state index in [2.05, 4.69) is 0 Å². The van der Waals surface area contributed by atoms with Crippen molar-refractivity contribution in [2.24, 2.45) is 0 Å². The number of furan rings is 2. The Labute approximate surface area is 118 Å². The van der Waals surface area contributed by atoms with Gasteiger partial charge in [-0.2, -0.15) is 0 Å². The van der Waals surface area contributed by atoms with Crippen molar-refractivity contribution in [1.82, 2.24) is 0 Å². The zero-order chi connectivity index (χ0) is 14.7. The van der Waals surface area contributed by atoms with E-state index in [4.69, 9.17) is 8.83 Å². The summed E-state index contributed by atoms with van der Waals surface area (Å²) >= 11 is 1.42. The number of hydrogen-bond donors (Lipinski definition) is 0. The molecule has 2 rings (SSSR count). The number of hydrogen-bond acceptors (Lipinski definition) is 7. The monoisotopic (exact) mass is 294 g/mol. The van der Waals surface area contributed by atoms with Crippen LogP contribution in [0.25, 0.3) is 0 Å². The van der Waals surface area contributed by atoms with Crippen LogP contribution in [0.3, 0.4) is 0 Å². The van der Waals surface area contributed by atoms with Crippen molar-refractivity contribution in [3.63, 3.8) is 0 Å². The minimum atomic E-state index is -1.36. The average molecular weight is 294 g/mol. The Balaban J connectivity index is 1.95. The van der Waals surface area contributed by atoms with Gasteiger partial charge in [-0.3, -0.25) is 0 Å². The number of thioether (sulfide) groups is 1. The molecule has 0 aromatic carbocycles. The van der Waals surface area contributed by atoms with E-state index in [-0.39, 0.29) is 16.8 Å². The molecule has 0 saturated heterocycles. The van der Waals surface area contributed by atoms with Crippen LogP contribution < -0.4 is 10.2 Å². The molecule has 0 spiro atoms. The second-order valence-electron chi connectivity index (χ2n) is 4.00. The van der Waals surface area contributed by atoms with Gasteiger partial charge in [-0.15, -0.1) is 11.8 Å². The molecule has 0 N–H and O–H groups in total. The lowest BCUT2D eigenvalue weighted by molar-refractivity contribution is -0.258.